The van der Waals surface area contributed by atoms with Gasteiger partial charge in [0, 0.05) is 13.0 Å². The summed E-state index contributed by atoms with van der Waals surface area (Å²) in [4.78, 5) is 23.1. The summed E-state index contributed by atoms with van der Waals surface area (Å²) >= 11 is 0. The normalized spacial score (nSPS) is 29.0. The number of likely N-dealkylation sites (tertiary alicyclic amines) is 1. The number of hydrogen-bond acceptors (Lipinski definition) is 2. The first-order valence-electron chi connectivity index (χ1n) is 4.05. The molecule has 0 aliphatic carbocycles. The van der Waals surface area contributed by atoms with E-state index < -0.39 is 12.0 Å². The van der Waals surface area contributed by atoms with E-state index >= 15 is 0 Å². The molecule has 1 N–H and O–H groups in total. The van der Waals surface area contributed by atoms with Crippen LogP contribution in [0.15, 0.2) is 0 Å². The maximum atomic E-state index is 11.0. The van der Waals surface area contributed by atoms with Crippen LogP contribution in [0.1, 0.15) is 26.7 Å². The van der Waals surface area contributed by atoms with Crippen molar-refractivity contribution in [1.82, 2.24) is 4.90 Å². The van der Waals surface area contributed by atoms with Crippen LogP contribution in [0.2, 0.25) is 0 Å². The van der Waals surface area contributed by atoms with E-state index in [2.05, 4.69) is 0 Å². The molecule has 0 spiro atoms. The highest BCUT2D eigenvalue weighted by atomic mass is 16.4. The molecule has 68 valence electrons. The molecule has 12 heavy (non-hydrogen) atoms. The number of rotatable bonds is 1. The number of hydrogen-bond donors (Lipinski definition) is 1. The number of carbonyl (C=O) groups excluding carboxylic acids is 1. The third-order valence-electron chi connectivity index (χ3n) is 2.32. The monoisotopic (exact) mass is 171 g/mol. The first-order chi connectivity index (χ1) is 5.54. The highest BCUT2D eigenvalue weighted by Crippen LogP contribution is 2.23. The molecule has 4 nitrogen and oxygen atoms in total. The Balaban J connectivity index is 2.77. The lowest BCUT2D eigenvalue weighted by molar-refractivity contribution is -0.148. The van der Waals surface area contributed by atoms with E-state index in [1.54, 1.807) is 0 Å². The highest BCUT2D eigenvalue weighted by Gasteiger charge is 2.36. The maximum absolute atomic E-state index is 11.0. The van der Waals surface area contributed by atoms with E-state index in [4.69, 9.17) is 5.11 Å². The fraction of sp³-hybridized carbons (Fsp3) is 0.750. The fourth-order valence-electron chi connectivity index (χ4n) is 1.76. The molecule has 1 saturated heterocycles. The molecule has 0 radical (unpaired) electrons. The molecule has 1 heterocycles. The van der Waals surface area contributed by atoms with E-state index in [0.29, 0.717) is 6.42 Å². The number of nitrogens with zero attached hydrogens (tertiary/aromatic N) is 1. The molecule has 0 aromatic carbocycles. The Morgan fingerprint density at radius 2 is 2.00 bits per heavy atom. The Morgan fingerprint density at radius 3 is 2.33 bits per heavy atom. The van der Waals surface area contributed by atoms with Gasteiger partial charge in [-0.1, -0.05) is 0 Å². The summed E-state index contributed by atoms with van der Waals surface area (Å²) in [6.07, 6.45) is 1.37. The first kappa shape index (κ1) is 9.03. The second-order valence-corrected chi connectivity index (χ2v) is 3.21. The van der Waals surface area contributed by atoms with Crippen molar-refractivity contribution in [3.05, 3.63) is 0 Å². The Labute approximate surface area is 71.2 Å². The first-order valence-corrected chi connectivity index (χ1v) is 4.05. The van der Waals surface area contributed by atoms with Gasteiger partial charge in [-0.15, -0.1) is 0 Å². The van der Waals surface area contributed by atoms with Gasteiger partial charge in [-0.3, -0.25) is 4.79 Å². The Kier molecular flexibility index (Phi) is 2.35. The molecular formula is C8H13NO3. The summed E-state index contributed by atoms with van der Waals surface area (Å²) in [6.45, 7) is 3.29. The zero-order chi connectivity index (χ0) is 9.30. The van der Waals surface area contributed by atoms with Gasteiger partial charge in [-0.25, -0.2) is 4.79 Å². The number of carboxylic acid groups (broad SMARTS) is 1. The average molecular weight is 171 g/mol. The van der Waals surface area contributed by atoms with Crippen molar-refractivity contribution in [3.63, 3.8) is 0 Å². The van der Waals surface area contributed by atoms with Crippen molar-refractivity contribution in [2.45, 2.75) is 38.8 Å². The minimum Gasteiger partial charge on any atom is -0.480 e. The number of aliphatic carboxylic acids is 1. The van der Waals surface area contributed by atoms with E-state index in [1.807, 2.05) is 6.92 Å². The van der Waals surface area contributed by atoms with E-state index in [0.717, 1.165) is 6.42 Å². The van der Waals surface area contributed by atoms with Gasteiger partial charge >= 0.3 is 5.97 Å². The zero-order valence-electron chi connectivity index (χ0n) is 7.28. The van der Waals surface area contributed by atoms with Crippen LogP contribution < -0.4 is 0 Å². The van der Waals surface area contributed by atoms with Gasteiger partial charge in [0.15, 0.2) is 0 Å². The van der Waals surface area contributed by atoms with E-state index in [-0.39, 0.29) is 11.9 Å². The van der Waals surface area contributed by atoms with E-state index in [1.165, 1.54) is 11.8 Å². The predicted octanol–water partition coefficient (Wildman–Crippen LogP) is 0.470. The van der Waals surface area contributed by atoms with Crippen LogP contribution >= 0.6 is 0 Å². The van der Waals surface area contributed by atoms with Gasteiger partial charge in [0.2, 0.25) is 5.91 Å². The fourth-order valence-corrected chi connectivity index (χ4v) is 1.76. The molecule has 0 aromatic rings. The van der Waals surface area contributed by atoms with Crippen LogP contribution in [0.25, 0.3) is 0 Å². The van der Waals surface area contributed by atoms with Crippen molar-refractivity contribution in [3.8, 4) is 0 Å². The molecule has 0 aromatic heterocycles. The smallest absolute Gasteiger partial charge is 0.326 e. The van der Waals surface area contributed by atoms with Crippen LogP contribution in [0.5, 0.6) is 0 Å². The Hall–Kier alpha value is -1.06. The van der Waals surface area contributed by atoms with Gasteiger partial charge < -0.3 is 10.0 Å². The molecule has 1 rings (SSSR count). The SMILES string of the molecule is CC(=O)N1[C@@H](C)CC[C@H]1C(=O)O. The van der Waals surface area contributed by atoms with Crippen LogP contribution in [-0.4, -0.2) is 34.0 Å². The van der Waals surface area contributed by atoms with Crippen molar-refractivity contribution < 1.29 is 14.7 Å². The quantitative estimate of drug-likeness (QED) is 0.624. The molecule has 2 atom stereocenters. The van der Waals surface area contributed by atoms with Crippen molar-refractivity contribution >= 4 is 11.9 Å². The molecule has 1 fully saturated rings. The zero-order valence-corrected chi connectivity index (χ0v) is 7.28. The van der Waals surface area contributed by atoms with Crippen molar-refractivity contribution in [2.24, 2.45) is 0 Å². The second-order valence-electron chi connectivity index (χ2n) is 3.21. The topological polar surface area (TPSA) is 57.6 Å². The standard InChI is InChI=1S/C8H13NO3/c1-5-3-4-7(8(11)12)9(5)6(2)10/h5,7H,3-4H2,1-2H3,(H,11,12)/t5-,7-/m0/s1. The Morgan fingerprint density at radius 1 is 1.42 bits per heavy atom. The number of carboxylic acids is 1. The lowest BCUT2D eigenvalue weighted by Gasteiger charge is -2.24. The molecule has 0 bridgehead atoms. The molecule has 1 amide bonds. The number of amides is 1. The summed E-state index contributed by atoms with van der Waals surface area (Å²) in [6, 6.07) is -0.527. The van der Waals surface area contributed by atoms with Crippen LogP contribution in [0, 0.1) is 0 Å². The Bertz CT molecular complexity index is 214. The minimum absolute atomic E-state index is 0.0728. The summed E-state index contributed by atoms with van der Waals surface area (Å²) in [5, 5.41) is 8.76. The predicted molar refractivity (Wildman–Crippen MR) is 42.6 cm³/mol. The maximum Gasteiger partial charge on any atom is 0.326 e. The van der Waals surface area contributed by atoms with Crippen LogP contribution in [0.4, 0.5) is 0 Å². The molecule has 0 saturated carbocycles. The van der Waals surface area contributed by atoms with Crippen LogP contribution in [0.3, 0.4) is 0 Å². The molecule has 0 unspecified atom stereocenters. The van der Waals surface area contributed by atoms with Crippen molar-refractivity contribution in [2.75, 3.05) is 0 Å². The molecule has 4 heteroatoms. The summed E-state index contributed by atoms with van der Waals surface area (Å²) in [5.41, 5.74) is 0. The molecular weight excluding hydrogens is 158 g/mol. The summed E-state index contributed by atoms with van der Waals surface area (Å²) in [7, 11) is 0. The second kappa shape index (κ2) is 3.13. The lowest BCUT2D eigenvalue weighted by Crippen LogP contribution is -2.42. The largest absolute Gasteiger partial charge is 0.480 e. The minimum atomic E-state index is -0.894. The number of carbonyl (C=O) groups is 2. The molecule has 1 aliphatic heterocycles. The van der Waals surface area contributed by atoms with Crippen molar-refractivity contribution in [1.29, 1.82) is 0 Å². The third-order valence-corrected chi connectivity index (χ3v) is 2.32. The van der Waals surface area contributed by atoms with Gasteiger partial charge in [-0.05, 0) is 19.8 Å². The average Bonchev–Trinajstić information content (AvgIpc) is 2.30. The van der Waals surface area contributed by atoms with Gasteiger partial charge in [0.25, 0.3) is 0 Å². The van der Waals surface area contributed by atoms with Gasteiger partial charge in [-0.2, -0.15) is 0 Å². The van der Waals surface area contributed by atoms with E-state index in [9.17, 15) is 9.59 Å². The third kappa shape index (κ3) is 1.42. The lowest BCUT2D eigenvalue weighted by atomic mass is 10.2. The highest BCUT2D eigenvalue weighted by molar-refractivity contribution is 5.83. The van der Waals surface area contributed by atoms with Gasteiger partial charge in [0.1, 0.15) is 6.04 Å². The van der Waals surface area contributed by atoms with Gasteiger partial charge in [0.05, 0.1) is 0 Å². The molecule has 1 aliphatic rings. The summed E-state index contributed by atoms with van der Waals surface area (Å²) in [5.74, 6) is -1.04. The summed E-state index contributed by atoms with van der Waals surface area (Å²) < 4.78 is 0. The van der Waals surface area contributed by atoms with Crippen LogP contribution in [-0.2, 0) is 9.59 Å².